The van der Waals surface area contributed by atoms with Crippen LogP contribution in [0, 0.1) is 0 Å². The Hall–Kier alpha value is -1.56. The van der Waals surface area contributed by atoms with Crippen LogP contribution in [-0.4, -0.2) is 25.1 Å². The van der Waals surface area contributed by atoms with Crippen molar-refractivity contribution in [3.05, 3.63) is 35.4 Å². The van der Waals surface area contributed by atoms with E-state index in [9.17, 15) is 13.2 Å². The number of piperidine rings is 1. The van der Waals surface area contributed by atoms with Crippen molar-refractivity contribution < 1.29 is 17.9 Å². The smallest absolute Gasteiger partial charge is 0.416 e. The van der Waals surface area contributed by atoms with Gasteiger partial charge in [-0.2, -0.15) is 13.2 Å². The van der Waals surface area contributed by atoms with Crippen LogP contribution in [-0.2, 0) is 10.9 Å². The lowest BCUT2D eigenvalue weighted by Gasteiger charge is -2.22. The number of alkyl halides is 3. The molecule has 2 unspecified atom stereocenters. The molecule has 0 aromatic heterocycles. The second-order valence-electron chi connectivity index (χ2n) is 5.38. The maximum Gasteiger partial charge on any atom is 0.416 e. The molecule has 1 fully saturated rings. The Labute approximate surface area is 121 Å². The Balaban J connectivity index is 1.84. The van der Waals surface area contributed by atoms with Crippen LogP contribution < -0.4 is 5.32 Å². The first-order valence-corrected chi connectivity index (χ1v) is 7.15. The molecule has 3 nitrogen and oxygen atoms in total. The molecular formula is C15H17F3N2O. The lowest BCUT2D eigenvalue weighted by molar-refractivity contribution is -0.138. The van der Waals surface area contributed by atoms with E-state index >= 15 is 0 Å². The number of nitrogens with one attached hydrogen (secondary N) is 1. The Morgan fingerprint density at radius 1 is 1.19 bits per heavy atom. The minimum Gasteiger partial charge on any atom is -0.477 e. The van der Waals surface area contributed by atoms with Crippen LogP contribution in [0.2, 0.25) is 0 Å². The van der Waals surface area contributed by atoms with Crippen molar-refractivity contribution >= 4 is 5.90 Å². The molecule has 0 radical (unpaired) electrons. The van der Waals surface area contributed by atoms with Crippen molar-refractivity contribution in [2.24, 2.45) is 4.99 Å². The van der Waals surface area contributed by atoms with Crippen LogP contribution in [0.3, 0.4) is 0 Å². The van der Waals surface area contributed by atoms with Crippen LogP contribution in [0.25, 0.3) is 0 Å². The highest BCUT2D eigenvalue weighted by Crippen LogP contribution is 2.37. The van der Waals surface area contributed by atoms with Gasteiger partial charge in [-0.1, -0.05) is 24.6 Å². The molecule has 1 saturated heterocycles. The van der Waals surface area contributed by atoms with E-state index in [1.807, 2.05) is 0 Å². The molecule has 1 N–H and O–H groups in total. The van der Waals surface area contributed by atoms with Crippen LogP contribution in [0.5, 0.6) is 0 Å². The molecule has 1 aromatic rings. The van der Waals surface area contributed by atoms with Crippen molar-refractivity contribution in [3.8, 4) is 0 Å². The normalized spacial score (nSPS) is 26.3. The van der Waals surface area contributed by atoms with Crippen LogP contribution in [0.4, 0.5) is 13.2 Å². The summed E-state index contributed by atoms with van der Waals surface area (Å²) in [5.41, 5.74) is -0.434. The van der Waals surface area contributed by atoms with Gasteiger partial charge < -0.3 is 10.1 Å². The molecular weight excluding hydrogens is 281 g/mol. The minimum atomic E-state index is -4.36. The minimum absolute atomic E-state index is 0.0433. The third kappa shape index (κ3) is 3.05. The molecule has 0 aliphatic carbocycles. The lowest BCUT2D eigenvalue weighted by atomic mass is 10.0. The summed E-state index contributed by atoms with van der Waals surface area (Å²) in [6.07, 6.45) is -1.24. The van der Waals surface area contributed by atoms with Gasteiger partial charge in [0, 0.05) is 0 Å². The van der Waals surface area contributed by atoms with Crippen LogP contribution in [0.1, 0.15) is 36.4 Å². The first-order valence-electron chi connectivity index (χ1n) is 7.15. The predicted molar refractivity (Wildman–Crippen MR) is 73.2 cm³/mol. The van der Waals surface area contributed by atoms with Gasteiger partial charge in [-0.3, -0.25) is 0 Å². The third-order valence-corrected chi connectivity index (χ3v) is 3.91. The number of aliphatic imine (C=N–C) groups is 1. The van der Waals surface area contributed by atoms with Crippen LogP contribution >= 0.6 is 0 Å². The molecule has 0 amide bonds. The number of rotatable bonds is 2. The van der Waals surface area contributed by atoms with Gasteiger partial charge in [-0.15, -0.1) is 0 Å². The maximum absolute atomic E-state index is 13.1. The Morgan fingerprint density at radius 3 is 2.71 bits per heavy atom. The zero-order valence-electron chi connectivity index (χ0n) is 11.5. The predicted octanol–water partition coefficient (Wildman–Crippen LogP) is 3.32. The van der Waals surface area contributed by atoms with Gasteiger partial charge in [0.15, 0.2) is 0 Å². The SMILES string of the molecule is FC(F)(F)c1ccccc1C1COC(C2CCCCN2)=N1. The zero-order valence-corrected chi connectivity index (χ0v) is 11.5. The summed E-state index contributed by atoms with van der Waals surface area (Å²) < 4.78 is 44.7. The van der Waals surface area contributed by atoms with Gasteiger partial charge >= 0.3 is 6.18 Å². The molecule has 114 valence electrons. The molecule has 6 heteroatoms. The van der Waals surface area contributed by atoms with E-state index in [0.717, 1.165) is 31.9 Å². The number of halogens is 3. The summed E-state index contributed by atoms with van der Waals surface area (Å²) in [7, 11) is 0. The van der Waals surface area contributed by atoms with E-state index < -0.39 is 17.8 Å². The number of nitrogens with zero attached hydrogens (tertiary/aromatic N) is 1. The summed E-state index contributed by atoms with van der Waals surface area (Å²) in [5.74, 6) is 0.552. The highest BCUT2D eigenvalue weighted by atomic mass is 19.4. The summed E-state index contributed by atoms with van der Waals surface area (Å²) in [6, 6.07) is 5.06. The summed E-state index contributed by atoms with van der Waals surface area (Å²) in [6.45, 7) is 1.08. The fourth-order valence-electron chi connectivity index (χ4n) is 2.85. The molecule has 2 heterocycles. The largest absolute Gasteiger partial charge is 0.477 e. The fourth-order valence-corrected chi connectivity index (χ4v) is 2.85. The average Bonchev–Trinajstić information content (AvgIpc) is 2.97. The van der Waals surface area contributed by atoms with E-state index in [0.29, 0.717) is 5.90 Å². The van der Waals surface area contributed by atoms with E-state index in [4.69, 9.17) is 4.74 Å². The van der Waals surface area contributed by atoms with Gasteiger partial charge in [-0.05, 0) is 31.0 Å². The fraction of sp³-hybridized carbons (Fsp3) is 0.533. The number of benzene rings is 1. The van der Waals surface area contributed by atoms with Crippen LogP contribution in [0.15, 0.2) is 29.3 Å². The number of hydrogen-bond acceptors (Lipinski definition) is 3. The second-order valence-corrected chi connectivity index (χ2v) is 5.38. The molecule has 1 aromatic carbocycles. The zero-order chi connectivity index (χ0) is 14.9. The molecule has 0 saturated carbocycles. The number of hydrogen-bond donors (Lipinski definition) is 1. The van der Waals surface area contributed by atoms with Crippen molar-refractivity contribution in [2.75, 3.05) is 13.2 Å². The van der Waals surface area contributed by atoms with E-state index in [2.05, 4.69) is 10.3 Å². The van der Waals surface area contributed by atoms with Gasteiger partial charge in [0.2, 0.25) is 5.90 Å². The highest BCUT2D eigenvalue weighted by molar-refractivity contribution is 5.83. The molecule has 0 spiro atoms. The molecule has 2 aliphatic rings. The highest BCUT2D eigenvalue weighted by Gasteiger charge is 2.37. The Bertz CT molecular complexity index is 536. The summed E-state index contributed by atoms with van der Waals surface area (Å²) in [5, 5.41) is 3.30. The Kier molecular flexibility index (Phi) is 3.89. The topological polar surface area (TPSA) is 33.6 Å². The first-order chi connectivity index (χ1) is 10.1. The molecule has 3 rings (SSSR count). The molecule has 0 bridgehead atoms. The summed E-state index contributed by atoms with van der Waals surface area (Å²) >= 11 is 0. The third-order valence-electron chi connectivity index (χ3n) is 3.91. The number of ether oxygens (including phenoxy) is 1. The molecule has 2 aliphatic heterocycles. The van der Waals surface area contributed by atoms with Gasteiger partial charge in [0.05, 0.1) is 11.6 Å². The summed E-state index contributed by atoms with van der Waals surface area (Å²) in [4.78, 5) is 4.39. The van der Waals surface area contributed by atoms with Crippen molar-refractivity contribution in [1.82, 2.24) is 5.32 Å². The average molecular weight is 298 g/mol. The van der Waals surface area contributed by atoms with Gasteiger partial charge in [-0.25, -0.2) is 4.99 Å². The quantitative estimate of drug-likeness (QED) is 0.908. The first kappa shape index (κ1) is 14.4. The van der Waals surface area contributed by atoms with E-state index in [-0.39, 0.29) is 18.2 Å². The van der Waals surface area contributed by atoms with Gasteiger partial charge in [0.1, 0.15) is 12.6 Å². The molecule has 21 heavy (non-hydrogen) atoms. The van der Waals surface area contributed by atoms with E-state index in [1.165, 1.54) is 12.1 Å². The monoisotopic (exact) mass is 298 g/mol. The van der Waals surface area contributed by atoms with Crippen molar-refractivity contribution in [3.63, 3.8) is 0 Å². The maximum atomic E-state index is 13.1. The lowest BCUT2D eigenvalue weighted by Crippen LogP contribution is -2.40. The Morgan fingerprint density at radius 2 is 2.00 bits per heavy atom. The van der Waals surface area contributed by atoms with E-state index in [1.54, 1.807) is 6.07 Å². The standard InChI is InChI=1S/C15H17F3N2O/c16-15(17,18)11-6-2-1-5-10(11)13-9-21-14(20-13)12-7-3-4-8-19-12/h1-2,5-6,12-13,19H,3-4,7-9H2. The molecule has 2 atom stereocenters. The second kappa shape index (κ2) is 5.67. The van der Waals surface area contributed by atoms with Gasteiger partial charge in [0.25, 0.3) is 0 Å². The van der Waals surface area contributed by atoms with Crippen molar-refractivity contribution in [1.29, 1.82) is 0 Å². The van der Waals surface area contributed by atoms with Crippen molar-refractivity contribution in [2.45, 2.75) is 37.5 Å².